The molecular formula is C15H21N3O2. The fourth-order valence-corrected chi connectivity index (χ4v) is 2.60. The Morgan fingerprint density at radius 2 is 2.10 bits per heavy atom. The van der Waals surface area contributed by atoms with Gasteiger partial charge in [0.1, 0.15) is 11.4 Å². The molecule has 0 aliphatic carbocycles. The van der Waals surface area contributed by atoms with Gasteiger partial charge in [-0.1, -0.05) is 0 Å². The molecule has 20 heavy (non-hydrogen) atoms. The third kappa shape index (κ3) is 2.58. The molecule has 3 heterocycles. The molecule has 0 saturated carbocycles. The van der Waals surface area contributed by atoms with Gasteiger partial charge >= 0.3 is 0 Å². The van der Waals surface area contributed by atoms with E-state index in [2.05, 4.69) is 6.20 Å². The van der Waals surface area contributed by atoms with Crippen LogP contribution in [0.25, 0.3) is 5.65 Å². The number of hydrogen-bond acceptors (Lipinski definition) is 4. The fourth-order valence-electron chi connectivity index (χ4n) is 2.60. The molecule has 0 unspecified atom stereocenters. The average molecular weight is 275 g/mol. The van der Waals surface area contributed by atoms with Gasteiger partial charge in [0.15, 0.2) is 0 Å². The highest BCUT2D eigenvalue weighted by Crippen LogP contribution is 2.29. The Labute approximate surface area is 118 Å². The van der Waals surface area contributed by atoms with E-state index in [0.717, 1.165) is 37.4 Å². The summed E-state index contributed by atoms with van der Waals surface area (Å²) in [4.78, 5) is 4.72. The van der Waals surface area contributed by atoms with Crippen molar-refractivity contribution in [1.29, 1.82) is 0 Å². The highest BCUT2D eigenvalue weighted by molar-refractivity contribution is 5.59. The first-order chi connectivity index (χ1) is 9.63. The molecule has 108 valence electrons. The third-order valence-electron chi connectivity index (χ3n) is 3.60. The Hall–Kier alpha value is -1.75. The number of anilines is 1. The van der Waals surface area contributed by atoms with Crippen LogP contribution in [0, 0.1) is 0 Å². The monoisotopic (exact) mass is 275 g/mol. The number of nitrogens with zero attached hydrogens (tertiary/aromatic N) is 2. The van der Waals surface area contributed by atoms with Crippen molar-refractivity contribution in [2.45, 2.75) is 38.7 Å². The van der Waals surface area contributed by atoms with Crippen molar-refractivity contribution in [3.63, 3.8) is 0 Å². The fraction of sp³-hybridized carbons (Fsp3) is 0.533. The minimum absolute atomic E-state index is 0.102. The van der Waals surface area contributed by atoms with Crippen LogP contribution >= 0.6 is 0 Å². The number of imidazole rings is 1. The van der Waals surface area contributed by atoms with E-state index < -0.39 is 0 Å². The zero-order valence-corrected chi connectivity index (χ0v) is 12.0. The molecule has 3 rings (SSSR count). The number of nitrogen functional groups attached to an aromatic ring is 1. The predicted octanol–water partition coefficient (Wildman–Crippen LogP) is 2.60. The second-order valence-electron chi connectivity index (χ2n) is 5.58. The van der Waals surface area contributed by atoms with E-state index in [1.54, 1.807) is 0 Å². The van der Waals surface area contributed by atoms with Gasteiger partial charge in [0.05, 0.1) is 17.5 Å². The van der Waals surface area contributed by atoms with Gasteiger partial charge in [-0.3, -0.25) is 0 Å². The molecule has 5 nitrogen and oxygen atoms in total. The minimum atomic E-state index is 0.102. The van der Waals surface area contributed by atoms with Crippen molar-refractivity contribution in [3.05, 3.63) is 24.2 Å². The van der Waals surface area contributed by atoms with Crippen LogP contribution in [0.3, 0.4) is 0 Å². The number of hydrogen-bond donors (Lipinski definition) is 1. The maximum absolute atomic E-state index is 6.03. The quantitative estimate of drug-likeness (QED) is 0.935. The summed E-state index contributed by atoms with van der Waals surface area (Å²) in [6, 6.07) is 1.91. The molecule has 2 aromatic heterocycles. The lowest BCUT2D eigenvalue weighted by molar-refractivity contribution is 0.0846. The summed E-state index contributed by atoms with van der Waals surface area (Å²) in [5.41, 5.74) is 8.68. The van der Waals surface area contributed by atoms with Gasteiger partial charge in [0, 0.05) is 37.6 Å². The smallest absolute Gasteiger partial charge is 0.147 e. The Morgan fingerprint density at radius 1 is 1.35 bits per heavy atom. The zero-order valence-electron chi connectivity index (χ0n) is 12.0. The Morgan fingerprint density at radius 3 is 2.80 bits per heavy atom. The van der Waals surface area contributed by atoms with Crippen LogP contribution in [0.15, 0.2) is 18.5 Å². The van der Waals surface area contributed by atoms with Crippen molar-refractivity contribution >= 4 is 11.3 Å². The normalized spacial score (nSPS) is 16.9. The molecule has 0 atom stereocenters. The van der Waals surface area contributed by atoms with E-state index in [-0.39, 0.29) is 6.10 Å². The summed E-state index contributed by atoms with van der Waals surface area (Å²) in [6.45, 7) is 5.62. The molecule has 1 saturated heterocycles. The van der Waals surface area contributed by atoms with E-state index in [9.17, 15) is 0 Å². The number of rotatable bonds is 3. The molecule has 0 radical (unpaired) electrons. The molecule has 0 amide bonds. The summed E-state index contributed by atoms with van der Waals surface area (Å²) in [5.74, 6) is 1.19. The first kappa shape index (κ1) is 13.2. The Balaban J connectivity index is 1.93. The third-order valence-corrected chi connectivity index (χ3v) is 3.60. The summed E-state index contributed by atoms with van der Waals surface area (Å²) in [6.07, 6.45) is 6.12. The highest BCUT2D eigenvalue weighted by Gasteiger charge is 2.19. The minimum Gasteiger partial charge on any atom is -0.489 e. The summed E-state index contributed by atoms with van der Waals surface area (Å²) >= 11 is 0. The van der Waals surface area contributed by atoms with E-state index >= 15 is 0 Å². The van der Waals surface area contributed by atoms with Crippen molar-refractivity contribution in [3.8, 4) is 5.75 Å². The Bertz CT molecular complexity index is 600. The second-order valence-corrected chi connectivity index (χ2v) is 5.58. The van der Waals surface area contributed by atoms with Crippen molar-refractivity contribution in [2.75, 3.05) is 18.9 Å². The summed E-state index contributed by atoms with van der Waals surface area (Å²) < 4.78 is 13.1. The highest BCUT2D eigenvalue weighted by atomic mass is 16.5. The van der Waals surface area contributed by atoms with Crippen molar-refractivity contribution < 1.29 is 9.47 Å². The lowest BCUT2D eigenvalue weighted by Crippen LogP contribution is -2.14. The van der Waals surface area contributed by atoms with Gasteiger partial charge in [-0.25, -0.2) is 4.98 Å². The number of aromatic nitrogens is 2. The average Bonchev–Trinajstić information content (AvgIpc) is 2.82. The Kier molecular flexibility index (Phi) is 3.53. The zero-order chi connectivity index (χ0) is 14.1. The predicted molar refractivity (Wildman–Crippen MR) is 78.2 cm³/mol. The standard InChI is InChI=1S/C15H21N3O2/c1-10(2)20-14-7-15-17-13(9-18(15)8-12(14)16)11-3-5-19-6-4-11/h7-11H,3-6,16H2,1-2H3. The second kappa shape index (κ2) is 5.32. The van der Waals surface area contributed by atoms with Crippen LogP contribution in [-0.2, 0) is 4.74 Å². The molecule has 1 aliphatic rings. The van der Waals surface area contributed by atoms with E-state index in [1.165, 1.54) is 0 Å². The first-order valence-electron chi connectivity index (χ1n) is 7.16. The van der Waals surface area contributed by atoms with Gasteiger partial charge in [-0.05, 0) is 26.7 Å². The van der Waals surface area contributed by atoms with Crippen LogP contribution < -0.4 is 10.5 Å². The molecule has 5 heteroatoms. The van der Waals surface area contributed by atoms with Gasteiger partial charge in [0.2, 0.25) is 0 Å². The molecule has 0 aromatic carbocycles. The first-order valence-corrected chi connectivity index (χ1v) is 7.16. The van der Waals surface area contributed by atoms with Crippen LogP contribution in [0.4, 0.5) is 5.69 Å². The van der Waals surface area contributed by atoms with Gasteiger partial charge in [0.25, 0.3) is 0 Å². The molecule has 1 fully saturated rings. The largest absolute Gasteiger partial charge is 0.489 e. The van der Waals surface area contributed by atoms with Crippen molar-refractivity contribution in [1.82, 2.24) is 9.38 Å². The number of ether oxygens (including phenoxy) is 2. The molecule has 2 aromatic rings. The molecule has 0 spiro atoms. The van der Waals surface area contributed by atoms with Gasteiger partial charge in [-0.2, -0.15) is 0 Å². The lowest BCUT2D eigenvalue weighted by atomic mass is 9.97. The maximum Gasteiger partial charge on any atom is 0.147 e. The number of pyridine rings is 1. The van der Waals surface area contributed by atoms with Crippen LogP contribution in [0.1, 0.15) is 38.3 Å². The number of fused-ring (bicyclic) bond motifs is 1. The summed E-state index contributed by atoms with van der Waals surface area (Å²) in [5, 5.41) is 0. The molecular weight excluding hydrogens is 254 g/mol. The van der Waals surface area contributed by atoms with Gasteiger partial charge < -0.3 is 19.6 Å². The number of nitrogens with two attached hydrogens (primary N) is 1. The molecule has 2 N–H and O–H groups in total. The van der Waals surface area contributed by atoms with Crippen molar-refractivity contribution in [2.24, 2.45) is 0 Å². The lowest BCUT2D eigenvalue weighted by Gasteiger charge is -2.19. The molecule has 1 aliphatic heterocycles. The van der Waals surface area contributed by atoms with Crippen LogP contribution in [-0.4, -0.2) is 28.7 Å². The van der Waals surface area contributed by atoms with Crippen LogP contribution in [0.2, 0.25) is 0 Å². The maximum atomic E-state index is 6.03. The summed E-state index contributed by atoms with van der Waals surface area (Å²) in [7, 11) is 0. The molecule has 0 bridgehead atoms. The van der Waals surface area contributed by atoms with Crippen LogP contribution in [0.5, 0.6) is 5.75 Å². The van der Waals surface area contributed by atoms with E-state index in [0.29, 0.717) is 17.4 Å². The topological polar surface area (TPSA) is 61.8 Å². The van der Waals surface area contributed by atoms with E-state index in [1.807, 2.05) is 30.5 Å². The van der Waals surface area contributed by atoms with Gasteiger partial charge in [-0.15, -0.1) is 0 Å². The SMILES string of the molecule is CC(C)Oc1cc2nc(C3CCOCC3)cn2cc1N. The van der Waals surface area contributed by atoms with E-state index in [4.69, 9.17) is 20.2 Å².